The molecule has 1 aliphatic rings. The van der Waals surface area contributed by atoms with E-state index in [1.165, 1.54) is 28.6 Å². The molecule has 1 aliphatic heterocycles. The van der Waals surface area contributed by atoms with Gasteiger partial charge < -0.3 is 9.80 Å². The highest BCUT2D eigenvalue weighted by molar-refractivity contribution is 7.89. The largest absolute Gasteiger partial charge is 0.369 e. The summed E-state index contributed by atoms with van der Waals surface area (Å²) in [4.78, 5) is 16.8. The molecule has 0 spiro atoms. The van der Waals surface area contributed by atoms with Crippen LogP contribution in [0.2, 0.25) is 0 Å². The molecule has 0 radical (unpaired) electrons. The maximum absolute atomic E-state index is 13.3. The van der Waals surface area contributed by atoms with Gasteiger partial charge in [0.1, 0.15) is 5.82 Å². The van der Waals surface area contributed by atoms with Gasteiger partial charge in [-0.1, -0.05) is 30.3 Å². The average molecular weight is 482 g/mol. The van der Waals surface area contributed by atoms with Gasteiger partial charge in [0.05, 0.1) is 4.90 Å². The van der Waals surface area contributed by atoms with Crippen LogP contribution in [0.4, 0.5) is 10.1 Å². The Morgan fingerprint density at radius 3 is 2.29 bits per heavy atom. The highest BCUT2D eigenvalue weighted by Gasteiger charge is 2.29. The first-order valence-corrected chi connectivity index (χ1v) is 12.6. The van der Waals surface area contributed by atoms with Crippen molar-refractivity contribution >= 4 is 21.6 Å². The summed E-state index contributed by atoms with van der Waals surface area (Å²) in [5.41, 5.74) is 3.34. The summed E-state index contributed by atoms with van der Waals surface area (Å²) in [7, 11) is -2.03. The molecule has 0 unspecified atom stereocenters. The number of sulfonamides is 1. The van der Waals surface area contributed by atoms with Crippen LogP contribution in [0.5, 0.6) is 0 Å². The van der Waals surface area contributed by atoms with E-state index >= 15 is 0 Å². The van der Waals surface area contributed by atoms with Crippen LogP contribution in [0.15, 0.2) is 77.7 Å². The molecule has 8 heteroatoms. The average Bonchev–Trinajstić information content (AvgIpc) is 2.85. The zero-order valence-corrected chi connectivity index (χ0v) is 20.1. The van der Waals surface area contributed by atoms with Crippen LogP contribution in [-0.2, 0) is 16.6 Å². The molecule has 6 nitrogen and oxygen atoms in total. The minimum atomic E-state index is -3.75. The Bertz CT molecular complexity index is 1270. The number of anilines is 1. The summed E-state index contributed by atoms with van der Waals surface area (Å²) >= 11 is 0. The molecule has 1 saturated heterocycles. The van der Waals surface area contributed by atoms with Crippen molar-refractivity contribution in [3.05, 3.63) is 95.3 Å². The van der Waals surface area contributed by atoms with Gasteiger partial charge in [-0.15, -0.1) is 0 Å². The number of rotatable bonds is 6. The second kappa shape index (κ2) is 9.95. The van der Waals surface area contributed by atoms with E-state index in [0.29, 0.717) is 38.3 Å². The van der Waals surface area contributed by atoms with Crippen molar-refractivity contribution < 1.29 is 17.6 Å². The quantitative estimate of drug-likeness (QED) is 0.536. The van der Waals surface area contributed by atoms with Gasteiger partial charge in [-0.3, -0.25) is 4.79 Å². The maximum atomic E-state index is 13.3. The zero-order valence-electron chi connectivity index (χ0n) is 19.3. The second-order valence-electron chi connectivity index (χ2n) is 8.48. The fourth-order valence-electron chi connectivity index (χ4n) is 4.11. The Balaban J connectivity index is 1.45. The lowest BCUT2D eigenvalue weighted by molar-refractivity contribution is 0.0784. The van der Waals surface area contributed by atoms with Crippen molar-refractivity contribution in [3.8, 4) is 0 Å². The van der Waals surface area contributed by atoms with Crippen LogP contribution in [-0.4, -0.2) is 56.8 Å². The number of carbonyl (C=O) groups is 1. The van der Waals surface area contributed by atoms with Crippen LogP contribution < -0.4 is 4.90 Å². The lowest BCUT2D eigenvalue weighted by Crippen LogP contribution is -2.48. The van der Waals surface area contributed by atoms with Crippen LogP contribution >= 0.6 is 0 Å². The molecular weight excluding hydrogens is 453 g/mol. The van der Waals surface area contributed by atoms with Crippen molar-refractivity contribution in [2.24, 2.45) is 0 Å². The molecule has 0 bridgehead atoms. The van der Waals surface area contributed by atoms with E-state index in [4.69, 9.17) is 0 Å². The van der Waals surface area contributed by atoms with E-state index in [1.54, 1.807) is 36.2 Å². The van der Waals surface area contributed by atoms with Crippen molar-refractivity contribution in [1.29, 1.82) is 0 Å². The van der Waals surface area contributed by atoms with Crippen LogP contribution in [0.25, 0.3) is 0 Å². The highest BCUT2D eigenvalue weighted by Crippen LogP contribution is 2.23. The number of nitrogens with zero attached hydrogens (tertiary/aromatic N) is 3. The number of amides is 1. The molecule has 0 saturated carbocycles. The van der Waals surface area contributed by atoms with E-state index in [9.17, 15) is 17.6 Å². The van der Waals surface area contributed by atoms with Crippen molar-refractivity contribution in [3.63, 3.8) is 0 Å². The summed E-state index contributed by atoms with van der Waals surface area (Å²) in [5.74, 6) is -0.537. The monoisotopic (exact) mass is 481 g/mol. The molecular formula is C26H28FN3O3S. The van der Waals surface area contributed by atoms with Gasteiger partial charge in [-0.25, -0.2) is 12.8 Å². The number of benzene rings is 3. The smallest absolute Gasteiger partial charge is 0.253 e. The fourth-order valence-corrected chi connectivity index (χ4v) is 5.58. The SMILES string of the molecule is Cc1ccccc1CN(C)C(=O)c1cccc(S(=O)(=O)N2CCN(c3ccc(F)cc3)CC2)c1. The third-order valence-electron chi connectivity index (χ3n) is 6.16. The predicted molar refractivity (Wildman–Crippen MR) is 131 cm³/mol. The van der Waals surface area contributed by atoms with Crippen LogP contribution in [0.1, 0.15) is 21.5 Å². The van der Waals surface area contributed by atoms with Crippen LogP contribution in [0, 0.1) is 12.7 Å². The Morgan fingerprint density at radius 1 is 0.941 bits per heavy atom. The van der Waals surface area contributed by atoms with E-state index in [-0.39, 0.29) is 16.6 Å². The van der Waals surface area contributed by atoms with Gasteiger partial charge in [0.2, 0.25) is 10.0 Å². The third kappa shape index (κ3) is 5.13. The van der Waals surface area contributed by atoms with Crippen LogP contribution in [0.3, 0.4) is 0 Å². The molecule has 178 valence electrons. The molecule has 1 amide bonds. The first-order chi connectivity index (χ1) is 16.3. The third-order valence-corrected chi connectivity index (χ3v) is 8.06. The lowest BCUT2D eigenvalue weighted by atomic mass is 10.1. The van der Waals surface area contributed by atoms with Crippen molar-refractivity contribution in [1.82, 2.24) is 9.21 Å². The van der Waals surface area contributed by atoms with Gasteiger partial charge >= 0.3 is 0 Å². The van der Waals surface area contributed by atoms with Gasteiger partial charge in [0, 0.05) is 51.0 Å². The van der Waals surface area contributed by atoms with Crippen molar-refractivity contribution in [2.75, 3.05) is 38.1 Å². The summed E-state index contributed by atoms with van der Waals surface area (Å²) in [6.45, 7) is 4.06. The maximum Gasteiger partial charge on any atom is 0.253 e. The molecule has 0 N–H and O–H groups in total. The van der Waals surface area contributed by atoms with E-state index in [0.717, 1.165) is 16.8 Å². The molecule has 0 atom stereocenters. The molecule has 3 aromatic rings. The number of piperazine rings is 1. The summed E-state index contributed by atoms with van der Waals surface area (Å²) in [6, 6.07) is 20.3. The van der Waals surface area contributed by atoms with E-state index in [1.807, 2.05) is 36.1 Å². The van der Waals surface area contributed by atoms with Gasteiger partial charge in [0.25, 0.3) is 5.91 Å². The Morgan fingerprint density at radius 2 is 1.62 bits per heavy atom. The fraction of sp³-hybridized carbons (Fsp3) is 0.269. The minimum Gasteiger partial charge on any atom is -0.369 e. The number of halogens is 1. The lowest BCUT2D eigenvalue weighted by Gasteiger charge is -2.35. The Labute approximate surface area is 200 Å². The van der Waals surface area contributed by atoms with E-state index in [2.05, 4.69) is 0 Å². The van der Waals surface area contributed by atoms with Gasteiger partial charge in [0.15, 0.2) is 0 Å². The number of carbonyl (C=O) groups excluding carboxylic acids is 1. The summed E-state index contributed by atoms with van der Waals surface area (Å²) in [6.07, 6.45) is 0. The highest BCUT2D eigenvalue weighted by atomic mass is 32.2. The minimum absolute atomic E-state index is 0.109. The Hall–Kier alpha value is -3.23. The molecule has 1 heterocycles. The van der Waals surface area contributed by atoms with Gasteiger partial charge in [-0.2, -0.15) is 4.31 Å². The number of hydrogen-bond donors (Lipinski definition) is 0. The molecule has 34 heavy (non-hydrogen) atoms. The molecule has 0 aromatic heterocycles. The normalized spacial score (nSPS) is 14.7. The summed E-state index contributed by atoms with van der Waals surface area (Å²) < 4.78 is 41.2. The molecule has 0 aliphatic carbocycles. The topological polar surface area (TPSA) is 60.9 Å². The zero-order chi connectivity index (χ0) is 24.3. The number of aryl methyl sites for hydroxylation is 1. The second-order valence-corrected chi connectivity index (χ2v) is 10.4. The Kier molecular flexibility index (Phi) is 7.00. The molecule has 1 fully saturated rings. The van der Waals surface area contributed by atoms with E-state index < -0.39 is 10.0 Å². The first kappa shape index (κ1) is 23.9. The predicted octanol–water partition coefficient (Wildman–Crippen LogP) is 3.92. The van der Waals surface area contributed by atoms with Crippen molar-refractivity contribution in [2.45, 2.75) is 18.4 Å². The number of hydrogen-bond acceptors (Lipinski definition) is 4. The standard InChI is InChI=1S/C26H28FN3O3S/c1-20-6-3-4-7-22(20)19-28(2)26(31)21-8-5-9-25(18-21)34(32,33)30-16-14-29(15-17-30)24-12-10-23(27)11-13-24/h3-13,18H,14-17,19H2,1-2H3. The summed E-state index contributed by atoms with van der Waals surface area (Å²) in [5, 5.41) is 0. The van der Waals surface area contributed by atoms with Gasteiger partial charge in [-0.05, 0) is 60.5 Å². The first-order valence-electron chi connectivity index (χ1n) is 11.2. The molecule has 3 aromatic carbocycles. The molecule has 4 rings (SSSR count).